The van der Waals surface area contributed by atoms with Crippen LogP contribution < -0.4 is 5.56 Å². The number of H-pyrrole nitrogens is 1. The largest absolute Gasteiger partial charge is 0.502 e. The van der Waals surface area contributed by atoms with Gasteiger partial charge in [0.05, 0.1) is 31.8 Å². The molecule has 1 atom stereocenters. The predicted molar refractivity (Wildman–Crippen MR) is 136 cm³/mol. The molecular weight excluding hydrogens is 470 g/mol. The van der Waals surface area contributed by atoms with Crippen molar-refractivity contribution in [2.24, 2.45) is 0 Å². The molecule has 188 valence electrons. The van der Waals surface area contributed by atoms with E-state index in [0.717, 1.165) is 49.5 Å². The number of rotatable bonds is 7. The lowest BCUT2D eigenvalue weighted by atomic mass is 9.94. The number of ether oxygens (including phenoxy) is 1. The van der Waals surface area contributed by atoms with E-state index in [-0.39, 0.29) is 11.7 Å². The van der Waals surface area contributed by atoms with Gasteiger partial charge in [0, 0.05) is 36.7 Å². The van der Waals surface area contributed by atoms with Gasteiger partial charge in [0.2, 0.25) is 5.75 Å². The van der Waals surface area contributed by atoms with Gasteiger partial charge in [-0.1, -0.05) is 36.1 Å². The lowest BCUT2D eigenvalue weighted by Gasteiger charge is -2.26. The highest BCUT2D eigenvalue weighted by molar-refractivity contribution is 5.44. The normalized spacial score (nSPS) is 14.6. The van der Waals surface area contributed by atoms with E-state index in [9.17, 15) is 9.90 Å². The third kappa shape index (κ3) is 6.46. The standard InChI is InChI=1S/C27H27N7O3/c35-26-25(28-18-29-27(26)36)24(17-34-19-30-31-32-34)15-22-7-3-20(4-8-22)1-2-21-5-9-23(10-6-21)16-33-11-13-37-14-12-33/h3-10,18-19,24,35H,11-17H2,(H,28,29,36). The molecule has 4 aromatic rings. The number of aromatic nitrogens is 6. The van der Waals surface area contributed by atoms with Gasteiger partial charge >= 0.3 is 0 Å². The average molecular weight is 498 g/mol. The predicted octanol–water partition coefficient (Wildman–Crippen LogP) is 1.72. The number of aromatic amines is 1. The van der Waals surface area contributed by atoms with Crippen LogP contribution >= 0.6 is 0 Å². The highest BCUT2D eigenvalue weighted by atomic mass is 16.5. The molecule has 3 heterocycles. The fraction of sp³-hybridized carbons (Fsp3) is 0.296. The molecule has 0 spiro atoms. The summed E-state index contributed by atoms with van der Waals surface area (Å²) in [5, 5.41) is 21.5. The highest BCUT2D eigenvalue weighted by Crippen LogP contribution is 2.25. The quantitative estimate of drug-likeness (QED) is 0.370. The number of nitrogens with zero attached hydrogens (tertiary/aromatic N) is 6. The fourth-order valence-electron chi connectivity index (χ4n) is 4.31. The zero-order valence-electron chi connectivity index (χ0n) is 20.2. The second kappa shape index (κ2) is 11.6. The van der Waals surface area contributed by atoms with E-state index in [2.05, 4.69) is 66.5 Å². The second-order valence-electron chi connectivity index (χ2n) is 8.93. The maximum atomic E-state index is 11.9. The summed E-state index contributed by atoms with van der Waals surface area (Å²) in [7, 11) is 0. The van der Waals surface area contributed by atoms with Crippen LogP contribution in [0.4, 0.5) is 0 Å². The van der Waals surface area contributed by atoms with Gasteiger partial charge in [-0.25, -0.2) is 9.67 Å². The maximum absolute atomic E-state index is 11.9. The van der Waals surface area contributed by atoms with Crippen molar-refractivity contribution in [3.63, 3.8) is 0 Å². The number of benzene rings is 2. The molecule has 2 N–H and O–H groups in total. The van der Waals surface area contributed by atoms with E-state index < -0.39 is 5.56 Å². The SMILES string of the molecule is O=c1[nH]cnc(C(Cc2ccc(C#Cc3ccc(CN4CCOCC4)cc3)cc2)Cn2cnnn2)c1O. The van der Waals surface area contributed by atoms with Gasteiger partial charge in [0.15, 0.2) is 0 Å². The topological polar surface area (TPSA) is 122 Å². The Kier molecular flexibility index (Phi) is 7.64. The van der Waals surface area contributed by atoms with Gasteiger partial charge in [-0.2, -0.15) is 0 Å². The minimum atomic E-state index is -0.577. The molecule has 0 amide bonds. The lowest BCUT2D eigenvalue weighted by molar-refractivity contribution is 0.0342. The number of hydrogen-bond acceptors (Lipinski definition) is 8. The molecule has 1 saturated heterocycles. The monoisotopic (exact) mass is 497 g/mol. The number of aromatic hydroxyl groups is 1. The summed E-state index contributed by atoms with van der Waals surface area (Å²) in [6.07, 6.45) is 3.31. The van der Waals surface area contributed by atoms with Gasteiger partial charge < -0.3 is 14.8 Å². The smallest absolute Gasteiger partial charge is 0.293 e. The van der Waals surface area contributed by atoms with Crippen molar-refractivity contribution >= 4 is 0 Å². The van der Waals surface area contributed by atoms with Crippen LogP contribution in [0, 0.1) is 11.8 Å². The molecule has 0 aliphatic carbocycles. The Hall–Kier alpha value is -4.33. The highest BCUT2D eigenvalue weighted by Gasteiger charge is 2.21. The van der Waals surface area contributed by atoms with Gasteiger partial charge in [-0.3, -0.25) is 9.69 Å². The Morgan fingerprint density at radius 1 is 1.00 bits per heavy atom. The Bertz CT molecular complexity index is 1420. The summed E-state index contributed by atoms with van der Waals surface area (Å²) < 4.78 is 6.97. The number of hydrogen-bond donors (Lipinski definition) is 2. The van der Waals surface area contributed by atoms with Crippen molar-refractivity contribution in [2.75, 3.05) is 26.3 Å². The van der Waals surface area contributed by atoms with Crippen molar-refractivity contribution in [1.29, 1.82) is 0 Å². The maximum Gasteiger partial charge on any atom is 0.293 e. The van der Waals surface area contributed by atoms with Crippen LogP contribution in [0.5, 0.6) is 5.75 Å². The molecule has 1 aliphatic rings. The van der Waals surface area contributed by atoms with E-state index in [4.69, 9.17) is 4.74 Å². The van der Waals surface area contributed by atoms with Crippen LogP contribution in [-0.2, 0) is 24.2 Å². The Morgan fingerprint density at radius 3 is 2.32 bits per heavy atom. The first-order valence-corrected chi connectivity index (χ1v) is 12.1. The van der Waals surface area contributed by atoms with Gasteiger partial charge in [0.25, 0.3) is 5.56 Å². The van der Waals surface area contributed by atoms with Gasteiger partial charge in [0.1, 0.15) is 6.33 Å². The van der Waals surface area contributed by atoms with Crippen molar-refractivity contribution in [2.45, 2.75) is 25.4 Å². The molecule has 37 heavy (non-hydrogen) atoms. The molecule has 10 heteroatoms. The molecule has 0 bridgehead atoms. The molecule has 5 rings (SSSR count). The number of morpholine rings is 1. The summed E-state index contributed by atoms with van der Waals surface area (Å²) in [4.78, 5) is 20.9. The van der Waals surface area contributed by atoms with Crippen molar-refractivity contribution in [3.05, 3.63) is 99.5 Å². The van der Waals surface area contributed by atoms with E-state index >= 15 is 0 Å². The first kappa shape index (κ1) is 24.4. The average Bonchev–Trinajstić information content (AvgIpc) is 3.44. The molecule has 2 aromatic carbocycles. The molecule has 0 saturated carbocycles. The minimum Gasteiger partial charge on any atom is -0.502 e. The van der Waals surface area contributed by atoms with Crippen LogP contribution in [0.1, 0.15) is 33.9 Å². The van der Waals surface area contributed by atoms with Crippen molar-refractivity contribution in [1.82, 2.24) is 35.1 Å². The molecule has 1 aliphatic heterocycles. The fourth-order valence-corrected chi connectivity index (χ4v) is 4.31. The number of nitrogens with one attached hydrogen (secondary N) is 1. The van der Waals surface area contributed by atoms with Crippen LogP contribution in [0.2, 0.25) is 0 Å². The zero-order chi connectivity index (χ0) is 25.5. The van der Waals surface area contributed by atoms with Gasteiger partial charge in [-0.05, 0) is 52.2 Å². The molecule has 1 fully saturated rings. The van der Waals surface area contributed by atoms with E-state index in [0.29, 0.717) is 18.7 Å². The summed E-state index contributed by atoms with van der Waals surface area (Å²) in [6.45, 7) is 4.83. The summed E-state index contributed by atoms with van der Waals surface area (Å²) in [6, 6.07) is 16.3. The van der Waals surface area contributed by atoms with Crippen molar-refractivity contribution < 1.29 is 9.84 Å². The third-order valence-electron chi connectivity index (χ3n) is 6.29. The van der Waals surface area contributed by atoms with Crippen LogP contribution in [-0.4, -0.2) is 66.5 Å². The van der Waals surface area contributed by atoms with E-state index in [1.807, 2.05) is 24.3 Å². The molecule has 2 aromatic heterocycles. The Labute approximate surface area is 213 Å². The van der Waals surface area contributed by atoms with Crippen LogP contribution in [0.3, 0.4) is 0 Å². The molecular formula is C27H27N7O3. The number of tetrazole rings is 1. The first-order chi connectivity index (χ1) is 18.1. The lowest BCUT2D eigenvalue weighted by Crippen LogP contribution is -2.35. The summed E-state index contributed by atoms with van der Waals surface area (Å²) >= 11 is 0. The minimum absolute atomic E-state index is 0.306. The Morgan fingerprint density at radius 2 is 1.68 bits per heavy atom. The second-order valence-corrected chi connectivity index (χ2v) is 8.93. The van der Waals surface area contributed by atoms with E-state index in [1.165, 1.54) is 18.2 Å². The van der Waals surface area contributed by atoms with E-state index in [1.54, 1.807) is 4.68 Å². The molecule has 10 nitrogen and oxygen atoms in total. The van der Waals surface area contributed by atoms with Gasteiger partial charge in [-0.15, -0.1) is 5.10 Å². The zero-order valence-corrected chi connectivity index (χ0v) is 20.2. The van der Waals surface area contributed by atoms with Crippen LogP contribution in [0.15, 0.2) is 66.0 Å². The third-order valence-corrected chi connectivity index (χ3v) is 6.29. The first-order valence-electron chi connectivity index (χ1n) is 12.1. The molecule has 1 unspecified atom stereocenters. The Balaban J connectivity index is 1.25. The summed E-state index contributed by atoms with van der Waals surface area (Å²) in [5.74, 6) is 5.76. The summed E-state index contributed by atoms with van der Waals surface area (Å²) in [5.41, 5.74) is 3.88. The molecule has 0 radical (unpaired) electrons. The van der Waals surface area contributed by atoms with Crippen molar-refractivity contribution in [3.8, 4) is 17.6 Å². The van der Waals surface area contributed by atoms with Crippen LogP contribution in [0.25, 0.3) is 0 Å².